The van der Waals surface area contributed by atoms with Crippen molar-refractivity contribution in [3.63, 3.8) is 0 Å². The highest BCUT2D eigenvalue weighted by Crippen LogP contribution is 2.65. The summed E-state index contributed by atoms with van der Waals surface area (Å²) in [5.74, 6) is -0.822. The fraction of sp³-hybridized carbons (Fsp3) is 0.600. The van der Waals surface area contributed by atoms with Crippen LogP contribution in [0.4, 0.5) is 24.7 Å². The fourth-order valence-corrected chi connectivity index (χ4v) is 8.93. The van der Waals surface area contributed by atoms with E-state index in [4.69, 9.17) is 9.47 Å². The van der Waals surface area contributed by atoms with Crippen molar-refractivity contribution in [3.8, 4) is 5.88 Å². The van der Waals surface area contributed by atoms with Crippen LogP contribution in [0.2, 0.25) is 0 Å². The number of carbonyl (C=O) groups is 2. The van der Waals surface area contributed by atoms with Gasteiger partial charge in [0.15, 0.2) is 0 Å². The van der Waals surface area contributed by atoms with Crippen LogP contribution in [0, 0.1) is 17.8 Å². The van der Waals surface area contributed by atoms with E-state index >= 15 is 0 Å². The SMILES string of the molecule is COc1ncnc(NC23CC(N4CCOCC4)(C2)C3)c1C(=O)N[C@@H]1[C@H]2CC[C@H](C2)[C@@H]1C(=O)Nc1ccc(Br)c(C(F)(F)F)c1. The van der Waals surface area contributed by atoms with Gasteiger partial charge in [0.1, 0.15) is 17.7 Å². The number of hydrogen-bond donors (Lipinski definition) is 3. The average Bonchev–Trinajstić information content (AvgIpc) is 3.57. The van der Waals surface area contributed by atoms with Crippen molar-refractivity contribution in [2.75, 3.05) is 44.0 Å². The van der Waals surface area contributed by atoms with Gasteiger partial charge in [-0.3, -0.25) is 14.5 Å². The molecule has 8 rings (SSSR count). The van der Waals surface area contributed by atoms with Crippen molar-refractivity contribution in [3.05, 3.63) is 40.1 Å². The van der Waals surface area contributed by atoms with Crippen LogP contribution in [0.5, 0.6) is 5.88 Å². The van der Waals surface area contributed by atoms with Crippen LogP contribution in [0.25, 0.3) is 0 Å². The van der Waals surface area contributed by atoms with E-state index in [2.05, 4.69) is 46.7 Å². The van der Waals surface area contributed by atoms with Crippen LogP contribution in [0.3, 0.4) is 0 Å². The maximum Gasteiger partial charge on any atom is 0.417 e. The number of amides is 2. The van der Waals surface area contributed by atoms with E-state index in [-0.39, 0.29) is 44.5 Å². The molecule has 2 aromatic rings. The third kappa shape index (κ3) is 5.02. The fourth-order valence-electron chi connectivity index (χ4n) is 8.46. The van der Waals surface area contributed by atoms with Crippen LogP contribution in [0.1, 0.15) is 54.4 Å². The third-order valence-corrected chi connectivity index (χ3v) is 11.0. The number of aromatic nitrogens is 2. The van der Waals surface area contributed by atoms with Crippen molar-refractivity contribution < 1.29 is 32.2 Å². The van der Waals surface area contributed by atoms with E-state index in [0.29, 0.717) is 5.82 Å². The van der Waals surface area contributed by atoms with Gasteiger partial charge >= 0.3 is 6.18 Å². The molecule has 3 N–H and O–H groups in total. The molecule has 4 atom stereocenters. The topological polar surface area (TPSA) is 118 Å². The molecule has 1 aromatic carbocycles. The smallest absolute Gasteiger partial charge is 0.417 e. The number of benzene rings is 1. The number of carbonyl (C=O) groups excluding carboxylic acids is 2. The number of halogens is 4. The van der Waals surface area contributed by atoms with E-state index in [1.165, 1.54) is 25.6 Å². The van der Waals surface area contributed by atoms with Crippen LogP contribution in [-0.2, 0) is 15.7 Å². The van der Waals surface area contributed by atoms with E-state index < -0.39 is 35.5 Å². The largest absolute Gasteiger partial charge is 0.480 e. The molecule has 6 fully saturated rings. The standard InChI is InChI=1S/C30H34BrF3N6O4/c1-43-27-22(24(35-15-36-27)39-28-12-29(13-28,14-28)40-6-8-44-9-7-40)26(42)38-23-17-3-2-16(10-17)21(23)25(41)37-18-4-5-20(31)19(11-18)30(32,33)34/h4-5,11,15-17,21,23H,2-3,6-10,12-14H2,1H3,(H,37,41)(H,38,42)(H,35,36,39)/t16-,17+,21+,23-,28?,29?/m1/s1. The number of morpholine rings is 1. The lowest BCUT2D eigenvalue weighted by atomic mass is 9.43. The van der Waals surface area contributed by atoms with E-state index in [1.807, 2.05) is 0 Å². The molecular weight excluding hydrogens is 645 g/mol. The van der Waals surface area contributed by atoms with Gasteiger partial charge in [-0.2, -0.15) is 13.2 Å². The van der Waals surface area contributed by atoms with Crippen LogP contribution in [0.15, 0.2) is 29.0 Å². The van der Waals surface area contributed by atoms with Gasteiger partial charge in [0.2, 0.25) is 11.8 Å². The highest BCUT2D eigenvalue weighted by atomic mass is 79.9. The number of alkyl halides is 3. The minimum absolute atomic E-state index is 0.0199. The molecule has 1 aromatic heterocycles. The van der Waals surface area contributed by atoms with Gasteiger partial charge in [0.25, 0.3) is 5.91 Å². The van der Waals surface area contributed by atoms with E-state index in [9.17, 15) is 22.8 Å². The summed E-state index contributed by atoms with van der Waals surface area (Å²) < 4.78 is 51.3. The monoisotopic (exact) mass is 678 g/mol. The van der Waals surface area contributed by atoms with Gasteiger partial charge in [-0.25, -0.2) is 9.97 Å². The van der Waals surface area contributed by atoms with Crippen molar-refractivity contribution in [2.24, 2.45) is 17.8 Å². The number of rotatable bonds is 8. The molecule has 4 bridgehead atoms. The Balaban J connectivity index is 1.07. The van der Waals surface area contributed by atoms with Gasteiger partial charge in [0.05, 0.1) is 31.8 Å². The van der Waals surface area contributed by atoms with E-state index in [1.54, 1.807) is 0 Å². The first-order valence-electron chi connectivity index (χ1n) is 15.0. The Morgan fingerprint density at radius 2 is 1.84 bits per heavy atom. The number of fused-ring (bicyclic) bond motifs is 2. The first-order valence-corrected chi connectivity index (χ1v) is 15.8. The summed E-state index contributed by atoms with van der Waals surface area (Å²) in [4.78, 5) is 38.6. The molecule has 1 aliphatic heterocycles. The molecule has 236 valence electrons. The van der Waals surface area contributed by atoms with Gasteiger partial charge in [-0.15, -0.1) is 0 Å². The zero-order chi connectivity index (χ0) is 30.9. The Hall–Kier alpha value is -2.97. The van der Waals surface area contributed by atoms with Crippen molar-refractivity contribution >= 4 is 39.2 Å². The minimum atomic E-state index is -4.58. The molecule has 14 heteroatoms. The first-order chi connectivity index (χ1) is 21.0. The predicted molar refractivity (Wildman–Crippen MR) is 157 cm³/mol. The third-order valence-electron chi connectivity index (χ3n) is 10.4. The number of anilines is 2. The van der Waals surface area contributed by atoms with Gasteiger partial charge < -0.3 is 25.4 Å². The maximum atomic E-state index is 13.9. The number of nitrogens with zero attached hydrogens (tertiary/aromatic N) is 3. The molecule has 44 heavy (non-hydrogen) atoms. The minimum Gasteiger partial charge on any atom is -0.480 e. The zero-order valence-electron chi connectivity index (χ0n) is 24.2. The Morgan fingerprint density at radius 1 is 1.11 bits per heavy atom. The van der Waals surface area contributed by atoms with Crippen LogP contribution in [-0.4, -0.2) is 77.2 Å². The molecule has 6 aliphatic rings. The summed E-state index contributed by atoms with van der Waals surface area (Å²) in [5.41, 5.74) is -0.609. The lowest BCUT2D eigenvalue weighted by molar-refractivity contribution is -0.172. The lowest BCUT2D eigenvalue weighted by Crippen LogP contribution is -2.82. The maximum absolute atomic E-state index is 13.9. The Labute approximate surface area is 261 Å². The van der Waals surface area contributed by atoms with Crippen molar-refractivity contribution in [1.29, 1.82) is 0 Å². The molecule has 2 amide bonds. The van der Waals surface area contributed by atoms with Crippen molar-refractivity contribution in [2.45, 2.75) is 61.8 Å². The zero-order valence-corrected chi connectivity index (χ0v) is 25.8. The molecule has 0 unspecified atom stereocenters. The highest BCUT2D eigenvalue weighted by molar-refractivity contribution is 9.10. The predicted octanol–water partition coefficient (Wildman–Crippen LogP) is 4.47. The quantitative estimate of drug-likeness (QED) is 0.375. The Kier molecular flexibility index (Phi) is 7.32. The summed E-state index contributed by atoms with van der Waals surface area (Å²) in [6.45, 7) is 3.34. The second-order valence-electron chi connectivity index (χ2n) is 12.9. The van der Waals surface area contributed by atoms with Crippen LogP contribution < -0.4 is 20.7 Å². The molecule has 0 spiro atoms. The molecule has 10 nitrogen and oxygen atoms in total. The van der Waals surface area contributed by atoms with Crippen molar-refractivity contribution in [1.82, 2.24) is 20.2 Å². The van der Waals surface area contributed by atoms with Gasteiger partial charge in [-0.05, 0) is 68.6 Å². The number of methoxy groups -OCH3 is 1. The Bertz CT molecular complexity index is 1470. The number of hydrogen-bond acceptors (Lipinski definition) is 8. The molecule has 5 aliphatic carbocycles. The summed E-state index contributed by atoms with van der Waals surface area (Å²) in [5, 5.41) is 9.30. The lowest BCUT2D eigenvalue weighted by Gasteiger charge is -2.74. The highest BCUT2D eigenvalue weighted by Gasteiger charge is 2.70. The van der Waals surface area contributed by atoms with E-state index in [0.717, 1.165) is 70.9 Å². The first kappa shape index (κ1) is 29.7. The number of ether oxygens (including phenoxy) is 2. The molecule has 1 saturated heterocycles. The molecular formula is C30H34BrF3N6O4. The molecule has 5 saturated carbocycles. The summed E-state index contributed by atoms with van der Waals surface area (Å²) >= 11 is 2.94. The second kappa shape index (κ2) is 10.8. The van der Waals surface area contributed by atoms with Gasteiger partial charge in [-0.1, -0.05) is 15.9 Å². The van der Waals surface area contributed by atoms with Gasteiger partial charge in [0, 0.05) is 40.4 Å². The number of nitrogens with one attached hydrogen (secondary N) is 3. The second-order valence-corrected chi connectivity index (χ2v) is 13.8. The normalized spacial score (nSPS) is 32.4. The summed E-state index contributed by atoms with van der Waals surface area (Å²) in [7, 11) is 1.44. The molecule has 0 radical (unpaired) electrons. The summed E-state index contributed by atoms with van der Waals surface area (Å²) in [6.07, 6.45) is 2.08. The average molecular weight is 680 g/mol. The Morgan fingerprint density at radius 3 is 2.55 bits per heavy atom. The van der Waals surface area contributed by atoms with Crippen LogP contribution >= 0.6 is 15.9 Å². The molecule has 2 heterocycles. The summed E-state index contributed by atoms with van der Waals surface area (Å²) in [6, 6.07) is 3.12.